The second kappa shape index (κ2) is 7.73. The molecule has 0 bridgehead atoms. The third kappa shape index (κ3) is 3.79. The first-order chi connectivity index (χ1) is 13.6. The van der Waals surface area contributed by atoms with Crippen molar-refractivity contribution in [3.63, 3.8) is 0 Å². The number of nitrogens with one attached hydrogen (secondary N) is 1. The zero-order valence-corrected chi connectivity index (χ0v) is 16.5. The van der Waals surface area contributed by atoms with Gasteiger partial charge in [-0.2, -0.15) is 0 Å². The van der Waals surface area contributed by atoms with Crippen LogP contribution in [0.25, 0.3) is 0 Å². The van der Waals surface area contributed by atoms with Crippen LogP contribution in [0.2, 0.25) is 0 Å². The van der Waals surface area contributed by atoms with Crippen molar-refractivity contribution >= 4 is 11.8 Å². The van der Waals surface area contributed by atoms with Crippen LogP contribution in [0.5, 0.6) is 0 Å². The van der Waals surface area contributed by atoms with Crippen molar-refractivity contribution < 1.29 is 9.59 Å². The summed E-state index contributed by atoms with van der Waals surface area (Å²) in [6.07, 6.45) is 4.64. The maximum Gasteiger partial charge on any atom is 0.277 e. The number of hydrogen-bond acceptors (Lipinski definition) is 4. The molecule has 1 aromatic heterocycles. The van der Waals surface area contributed by atoms with Gasteiger partial charge in [-0.1, -0.05) is 36.4 Å². The van der Waals surface area contributed by atoms with Crippen LogP contribution in [0.15, 0.2) is 24.3 Å². The number of carbonyl (C=O) groups excluding carboxylic acids is 2. The van der Waals surface area contributed by atoms with E-state index in [0.29, 0.717) is 31.2 Å². The Morgan fingerprint density at radius 3 is 2.54 bits per heavy atom. The molecule has 2 aromatic rings. The van der Waals surface area contributed by atoms with Crippen LogP contribution in [0.3, 0.4) is 0 Å². The number of amides is 2. The van der Waals surface area contributed by atoms with Crippen LogP contribution in [-0.4, -0.2) is 50.3 Å². The number of benzene rings is 1. The third-order valence-electron chi connectivity index (χ3n) is 5.69. The topological polar surface area (TPSA) is 80.1 Å². The minimum absolute atomic E-state index is 0.0330. The zero-order valence-electron chi connectivity index (χ0n) is 16.5. The first-order valence-corrected chi connectivity index (χ1v) is 10.2. The lowest BCUT2D eigenvalue weighted by Crippen LogP contribution is -2.46. The maximum absolute atomic E-state index is 13.1. The molecule has 1 saturated carbocycles. The molecular weight excluding hydrogens is 354 g/mol. The molecule has 1 aliphatic heterocycles. The standard InChI is InChI=1S/C21H27N5O2/c1-3-15-6-8-16(9-7-15)13-26-14(2)19(23-24-26)21(28)25-12-4-5-18(25)20(27)22-17-10-11-17/h6-9,17-18H,3-5,10-13H2,1-2H3,(H,22,27)/t18-/m1/s1. The van der Waals surface area contributed by atoms with Gasteiger partial charge in [-0.3, -0.25) is 9.59 Å². The number of likely N-dealkylation sites (tertiary alicyclic amines) is 1. The Kier molecular flexibility index (Phi) is 5.15. The van der Waals surface area contributed by atoms with Crippen LogP contribution in [-0.2, 0) is 17.8 Å². The Bertz CT molecular complexity index is 869. The summed E-state index contributed by atoms with van der Waals surface area (Å²) in [5.74, 6) is -0.229. The van der Waals surface area contributed by atoms with Crippen molar-refractivity contribution in [2.45, 2.75) is 64.6 Å². The summed E-state index contributed by atoms with van der Waals surface area (Å²) in [6.45, 7) is 5.15. The van der Waals surface area contributed by atoms with Crippen molar-refractivity contribution in [3.05, 3.63) is 46.8 Å². The molecule has 7 nitrogen and oxygen atoms in total. The minimum atomic E-state index is -0.390. The molecule has 2 heterocycles. The molecule has 1 N–H and O–H groups in total. The van der Waals surface area contributed by atoms with Gasteiger partial charge >= 0.3 is 0 Å². The molecule has 1 aromatic carbocycles. The van der Waals surface area contributed by atoms with Gasteiger partial charge in [-0.15, -0.1) is 5.10 Å². The lowest BCUT2D eigenvalue weighted by molar-refractivity contribution is -0.125. The molecule has 0 spiro atoms. The molecule has 1 aliphatic carbocycles. The number of aryl methyl sites for hydroxylation is 1. The van der Waals surface area contributed by atoms with E-state index in [-0.39, 0.29) is 17.9 Å². The largest absolute Gasteiger partial charge is 0.352 e. The molecule has 28 heavy (non-hydrogen) atoms. The Labute approximate surface area is 165 Å². The quantitative estimate of drug-likeness (QED) is 0.831. The highest BCUT2D eigenvalue weighted by Gasteiger charge is 2.38. The first kappa shape index (κ1) is 18.7. The number of carbonyl (C=O) groups is 2. The highest BCUT2D eigenvalue weighted by atomic mass is 16.2. The van der Waals surface area contributed by atoms with Crippen LogP contribution in [0.1, 0.15) is 59.9 Å². The van der Waals surface area contributed by atoms with E-state index in [1.807, 2.05) is 6.92 Å². The Balaban J connectivity index is 1.47. The molecule has 148 valence electrons. The van der Waals surface area contributed by atoms with Gasteiger partial charge < -0.3 is 10.2 Å². The molecule has 2 fully saturated rings. The predicted molar refractivity (Wildman–Crippen MR) is 105 cm³/mol. The van der Waals surface area contributed by atoms with Gasteiger partial charge in [0.25, 0.3) is 5.91 Å². The fourth-order valence-electron chi connectivity index (χ4n) is 3.70. The van der Waals surface area contributed by atoms with Crippen molar-refractivity contribution in [3.8, 4) is 0 Å². The second-order valence-corrected chi connectivity index (χ2v) is 7.79. The van der Waals surface area contributed by atoms with Gasteiger partial charge in [-0.05, 0) is 50.2 Å². The highest BCUT2D eigenvalue weighted by Crippen LogP contribution is 2.24. The van der Waals surface area contributed by atoms with E-state index in [2.05, 4.69) is 46.8 Å². The maximum atomic E-state index is 13.1. The Morgan fingerprint density at radius 1 is 1.14 bits per heavy atom. The summed E-state index contributed by atoms with van der Waals surface area (Å²) in [5, 5.41) is 11.4. The van der Waals surface area contributed by atoms with E-state index in [9.17, 15) is 9.59 Å². The first-order valence-electron chi connectivity index (χ1n) is 10.2. The summed E-state index contributed by atoms with van der Waals surface area (Å²) in [6, 6.07) is 8.30. The molecule has 0 radical (unpaired) electrons. The van der Waals surface area contributed by atoms with Gasteiger partial charge in [0.2, 0.25) is 5.91 Å². The average Bonchev–Trinajstić information content (AvgIpc) is 3.25. The predicted octanol–water partition coefficient (Wildman–Crippen LogP) is 2.08. The van der Waals surface area contributed by atoms with Gasteiger partial charge in [0, 0.05) is 12.6 Å². The molecule has 7 heteroatoms. The van der Waals surface area contributed by atoms with Gasteiger partial charge in [0.05, 0.1) is 12.2 Å². The average molecular weight is 381 g/mol. The summed E-state index contributed by atoms with van der Waals surface area (Å²) < 4.78 is 1.75. The lowest BCUT2D eigenvalue weighted by atomic mass is 10.1. The minimum Gasteiger partial charge on any atom is -0.352 e. The van der Waals surface area contributed by atoms with E-state index in [4.69, 9.17) is 0 Å². The summed E-state index contributed by atoms with van der Waals surface area (Å²) >= 11 is 0. The van der Waals surface area contributed by atoms with E-state index < -0.39 is 0 Å². The molecule has 2 aliphatic rings. The number of hydrogen-bond donors (Lipinski definition) is 1. The van der Waals surface area contributed by atoms with Crippen LogP contribution in [0.4, 0.5) is 0 Å². The van der Waals surface area contributed by atoms with Crippen molar-refractivity contribution in [1.82, 2.24) is 25.2 Å². The summed E-state index contributed by atoms with van der Waals surface area (Å²) in [7, 11) is 0. The molecule has 2 amide bonds. The Hall–Kier alpha value is -2.70. The van der Waals surface area contributed by atoms with Crippen LogP contribution in [0, 0.1) is 6.92 Å². The third-order valence-corrected chi connectivity index (χ3v) is 5.69. The molecule has 4 rings (SSSR count). The van der Waals surface area contributed by atoms with Crippen LogP contribution >= 0.6 is 0 Å². The van der Waals surface area contributed by atoms with E-state index in [1.165, 1.54) is 5.56 Å². The smallest absolute Gasteiger partial charge is 0.277 e. The number of aromatic nitrogens is 3. The fraction of sp³-hybridized carbons (Fsp3) is 0.524. The van der Waals surface area contributed by atoms with Crippen molar-refractivity contribution in [2.24, 2.45) is 0 Å². The van der Waals surface area contributed by atoms with Gasteiger partial charge in [-0.25, -0.2) is 4.68 Å². The molecular formula is C21H27N5O2. The zero-order chi connectivity index (χ0) is 19.7. The summed E-state index contributed by atoms with van der Waals surface area (Å²) in [4.78, 5) is 27.2. The van der Waals surface area contributed by atoms with Gasteiger partial charge in [0.1, 0.15) is 6.04 Å². The van der Waals surface area contributed by atoms with Crippen molar-refractivity contribution in [2.75, 3.05) is 6.54 Å². The van der Waals surface area contributed by atoms with Crippen molar-refractivity contribution in [1.29, 1.82) is 0 Å². The lowest BCUT2D eigenvalue weighted by Gasteiger charge is -2.23. The normalized spacial score (nSPS) is 19.1. The van der Waals surface area contributed by atoms with Crippen LogP contribution < -0.4 is 5.32 Å². The molecule has 1 saturated heterocycles. The van der Waals surface area contributed by atoms with E-state index in [1.54, 1.807) is 9.58 Å². The number of rotatable bonds is 6. The second-order valence-electron chi connectivity index (χ2n) is 7.79. The van der Waals surface area contributed by atoms with E-state index >= 15 is 0 Å². The highest BCUT2D eigenvalue weighted by molar-refractivity contribution is 5.97. The van der Waals surface area contributed by atoms with Gasteiger partial charge in [0.15, 0.2) is 5.69 Å². The molecule has 1 atom stereocenters. The SMILES string of the molecule is CCc1ccc(Cn2nnc(C(=O)N3CCC[C@@H]3C(=O)NC3CC3)c2C)cc1. The summed E-state index contributed by atoms with van der Waals surface area (Å²) in [5.41, 5.74) is 3.49. The number of nitrogens with zero attached hydrogens (tertiary/aromatic N) is 4. The Morgan fingerprint density at radius 2 is 1.86 bits per heavy atom. The van der Waals surface area contributed by atoms with E-state index in [0.717, 1.165) is 36.9 Å². The fourth-order valence-corrected chi connectivity index (χ4v) is 3.70. The molecule has 0 unspecified atom stereocenters. The monoisotopic (exact) mass is 381 g/mol.